The zero-order valence-corrected chi connectivity index (χ0v) is 16.5. The third kappa shape index (κ3) is 4.30. The van der Waals surface area contributed by atoms with Crippen LogP contribution in [-0.4, -0.2) is 59.8 Å². The van der Waals surface area contributed by atoms with E-state index in [0.717, 1.165) is 64.7 Å². The SMILES string of the molecule is Cc1cccc(N2CCC(O)(CN3CC[C@@H]4NC(=O)CCCC[C@H]43)CC2)c1. The Kier molecular flexibility index (Phi) is 5.42. The van der Waals surface area contributed by atoms with Gasteiger partial charge in [-0.3, -0.25) is 9.69 Å². The van der Waals surface area contributed by atoms with Crippen LogP contribution in [0.2, 0.25) is 0 Å². The summed E-state index contributed by atoms with van der Waals surface area (Å²) in [6.07, 6.45) is 6.53. The average molecular weight is 372 g/mol. The number of hydrogen-bond donors (Lipinski definition) is 2. The lowest BCUT2D eigenvalue weighted by atomic mass is 9.89. The summed E-state index contributed by atoms with van der Waals surface area (Å²) < 4.78 is 0. The van der Waals surface area contributed by atoms with E-state index in [9.17, 15) is 9.90 Å². The number of β-amino-alcohol motifs (C(OH)–C–C–N with tert-alkyl or cyclic N) is 1. The van der Waals surface area contributed by atoms with E-state index in [2.05, 4.69) is 46.3 Å². The molecule has 3 fully saturated rings. The van der Waals surface area contributed by atoms with Crippen molar-refractivity contribution in [3.8, 4) is 0 Å². The van der Waals surface area contributed by atoms with E-state index >= 15 is 0 Å². The number of anilines is 1. The highest BCUT2D eigenvalue weighted by Gasteiger charge is 2.41. The molecular weight excluding hydrogens is 338 g/mol. The summed E-state index contributed by atoms with van der Waals surface area (Å²) >= 11 is 0. The van der Waals surface area contributed by atoms with Crippen LogP contribution in [0.5, 0.6) is 0 Å². The van der Waals surface area contributed by atoms with Crippen LogP contribution in [0.15, 0.2) is 24.3 Å². The Bertz CT molecular complexity index is 669. The molecule has 0 saturated carbocycles. The minimum absolute atomic E-state index is 0.205. The number of likely N-dealkylation sites (tertiary alicyclic amines) is 1. The van der Waals surface area contributed by atoms with Gasteiger partial charge in [-0.25, -0.2) is 0 Å². The molecule has 0 aliphatic carbocycles. The maximum Gasteiger partial charge on any atom is 0.220 e. The van der Waals surface area contributed by atoms with E-state index in [4.69, 9.17) is 0 Å². The van der Waals surface area contributed by atoms with Gasteiger partial charge in [-0.05, 0) is 56.7 Å². The third-order valence-electron chi connectivity index (χ3n) is 6.72. The molecule has 1 aromatic carbocycles. The van der Waals surface area contributed by atoms with Crippen LogP contribution < -0.4 is 10.2 Å². The Morgan fingerprint density at radius 1 is 1.19 bits per heavy atom. The van der Waals surface area contributed by atoms with Crippen molar-refractivity contribution in [1.82, 2.24) is 10.2 Å². The van der Waals surface area contributed by atoms with E-state index in [1.165, 1.54) is 11.3 Å². The molecule has 5 nitrogen and oxygen atoms in total. The maximum atomic E-state index is 11.9. The average Bonchev–Trinajstić information content (AvgIpc) is 2.97. The molecule has 1 aromatic rings. The van der Waals surface area contributed by atoms with Gasteiger partial charge in [0.15, 0.2) is 0 Å². The van der Waals surface area contributed by atoms with Crippen molar-refractivity contribution in [2.45, 2.75) is 69.6 Å². The fourth-order valence-corrected chi connectivity index (χ4v) is 5.13. The van der Waals surface area contributed by atoms with E-state index in [1.54, 1.807) is 0 Å². The Balaban J connectivity index is 1.36. The first-order valence-corrected chi connectivity index (χ1v) is 10.6. The lowest BCUT2D eigenvalue weighted by molar-refractivity contribution is -0.122. The van der Waals surface area contributed by atoms with Gasteiger partial charge in [0.1, 0.15) is 0 Å². The summed E-state index contributed by atoms with van der Waals surface area (Å²) in [7, 11) is 0. The fraction of sp³-hybridized carbons (Fsp3) is 0.682. The zero-order valence-electron chi connectivity index (χ0n) is 16.5. The monoisotopic (exact) mass is 371 g/mol. The van der Waals surface area contributed by atoms with Gasteiger partial charge in [-0.1, -0.05) is 18.6 Å². The molecule has 3 saturated heterocycles. The van der Waals surface area contributed by atoms with Crippen molar-refractivity contribution in [3.63, 3.8) is 0 Å². The highest BCUT2D eigenvalue weighted by Crippen LogP contribution is 2.32. The van der Waals surface area contributed by atoms with Crippen LogP contribution in [0.25, 0.3) is 0 Å². The van der Waals surface area contributed by atoms with Gasteiger partial charge in [0.2, 0.25) is 5.91 Å². The molecule has 2 atom stereocenters. The molecule has 0 aromatic heterocycles. The van der Waals surface area contributed by atoms with Gasteiger partial charge >= 0.3 is 0 Å². The quantitative estimate of drug-likeness (QED) is 0.857. The Hall–Kier alpha value is -1.59. The second kappa shape index (κ2) is 7.80. The zero-order chi connectivity index (χ0) is 18.9. The lowest BCUT2D eigenvalue weighted by Crippen LogP contribution is -2.54. The van der Waals surface area contributed by atoms with Gasteiger partial charge in [-0.15, -0.1) is 0 Å². The molecular formula is C22H33N3O2. The number of rotatable bonds is 3. The number of aryl methyl sites for hydroxylation is 1. The number of amides is 1. The molecule has 2 N–H and O–H groups in total. The van der Waals surface area contributed by atoms with Crippen molar-refractivity contribution in [2.24, 2.45) is 0 Å². The molecule has 0 bridgehead atoms. The van der Waals surface area contributed by atoms with Crippen LogP contribution in [0, 0.1) is 6.92 Å². The molecule has 0 spiro atoms. The maximum absolute atomic E-state index is 11.9. The molecule has 3 aliphatic rings. The second-order valence-electron chi connectivity index (χ2n) is 8.80. The number of benzene rings is 1. The lowest BCUT2D eigenvalue weighted by Gasteiger charge is -2.42. The number of carbonyl (C=O) groups excluding carboxylic acids is 1. The molecule has 3 heterocycles. The van der Waals surface area contributed by atoms with Crippen LogP contribution in [0.4, 0.5) is 5.69 Å². The summed E-state index contributed by atoms with van der Waals surface area (Å²) in [5, 5.41) is 14.5. The molecule has 148 valence electrons. The number of nitrogens with one attached hydrogen (secondary N) is 1. The number of hydrogen-bond acceptors (Lipinski definition) is 4. The van der Waals surface area contributed by atoms with Gasteiger partial charge in [0, 0.05) is 50.4 Å². The predicted octanol–water partition coefficient (Wildman–Crippen LogP) is 2.46. The summed E-state index contributed by atoms with van der Waals surface area (Å²) in [6, 6.07) is 9.30. The van der Waals surface area contributed by atoms with Crippen LogP contribution in [0.1, 0.15) is 50.5 Å². The van der Waals surface area contributed by atoms with Gasteiger partial charge in [0.25, 0.3) is 0 Å². The van der Waals surface area contributed by atoms with Crippen LogP contribution in [-0.2, 0) is 4.79 Å². The number of nitrogens with zero attached hydrogens (tertiary/aromatic N) is 2. The molecule has 0 unspecified atom stereocenters. The van der Waals surface area contributed by atoms with Crippen LogP contribution >= 0.6 is 0 Å². The third-order valence-corrected chi connectivity index (χ3v) is 6.72. The van der Waals surface area contributed by atoms with Crippen molar-refractivity contribution in [2.75, 3.05) is 31.1 Å². The van der Waals surface area contributed by atoms with Crippen molar-refractivity contribution in [1.29, 1.82) is 0 Å². The Morgan fingerprint density at radius 2 is 2.00 bits per heavy atom. The summed E-state index contributed by atoms with van der Waals surface area (Å²) in [6.45, 7) is 5.66. The van der Waals surface area contributed by atoms with E-state index in [-0.39, 0.29) is 11.9 Å². The second-order valence-corrected chi connectivity index (χ2v) is 8.80. The van der Waals surface area contributed by atoms with E-state index in [0.29, 0.717) is 12.5 Å². The summed E-state index contributed by atoms with van der Waals surface area (Å²) in [5.74, 6) is 0.205. The standard InChI is InChI=1S/C22H33N3O2/c1-17-5-4-6-18(15-17)24-13-10-22(27,11-14-24)16-25-12-9-19-20(25)7-2-3-8-21(26)23-19/h4-6,15,19-20,27H,2-3,7-14,16H2,1H3,(H,23,26)/t19-,20+/m0/s1. The predicted molar refractivity (Wildman–Crippen MR) is 108 cm³/mol. The largest absolute Gasteiger partial charge is 0.388 e. The number of aliphatic hydroxyl groups is 1. The van der Waals surface area contributed by atoms with Gasteiger partial charge in [0.05, 0.1) is 5.60 Å². The van der Waals surface area contributed by atoms with Crippen molar-refractivity contribution in [3.05, 3.63) is 29.8 Å². The minimum Gasteiger partial charge on any atom is -0.388 e. The highest BCUT2D eigenvalue weighted by molar-refractivity contribution is 5.76. The van der Waals surface area contributed by atoms with Gasteiger partial charge in [-0.2, -0.15) is 0 Å². The minimum atomic E-state index is -0.610. The summed E-state index contributed by atoms with van der Waals surface area (Å²) in [5.41, 5.74) is 1.94. The Morgan fingerprint density at radius 3 is 2.78 bits per heavy atom. The first-order valence-electron chi connectivity index (χ1n) is 10.6. The highest BCUT2D eigenvalue weighted by atomic mass is 16.3. The number of piperidine rings is 1. The molecule has 5 heteroatoms. The van der Waals surface area contributed by atoms with Crippen molar-refractivity contribution < 1.29 is 9.90 Å². The molecule has 3 aliphatic heterocycles. The normalized spacial score (nSPS) is 29.0. The summed E-state index contributed by atoms with van der Waals surface area (Å²) in [4.78, 5) is 16.8. The smallest absolute Gasteiger partial charge is 0.220 e. The van der Waals surface area contributed by atoms with Gasteiger partial charge < -0.3 is 15.3 Å². The van der Waals surface area contributed by atoms with E-state index < -0.39 is 5.60 Å². The first-order chi connectivity index (χ1) is 13.0. The van der Waals surface area contributed by atoms with E-state index in [1.807, 2.05) is 0 Å². The fourth-order valence-electron chi connectivity index (χ4n) is 5.13. The first kappa shape index (κ1) is 18.8. The number of fused-ring (bicyclic) bond motifs is 1. The van der Waals surface area contributed by atoms with Crippen molar-refractivity contribution >= 4 is 11.6 Å². The van der Waals surface area contributed by atoms with Crippen LogP contribution in [0.3, 0.4) is 0 Å². The molecule has 1 amide bonds. The molecule has 0 radical (unpaired) electrons. The molecule has 27 heavy (non-hydrogen) atoms. The Labute approximate surface area is 162 Å². The number of carbonyl (C=O) groups is 1. The molecule has 4 rings (SSSR count). The topological polar surface area (TPSA) is 55.8 Å².